The van der Waals surface area contributed by atoms with Crippen LogP contribution in [-0.2, 0) is 25.8 Å². The monoisotopic (exact) mass is 469 g/mol. The summed E-state index contributed by atoms with van der Waals surface area (Å²) in [5.74, 6) is 1.41. The van der Waals surface area contributed by atoms with Gasteiger partial charge in [-0.3, -0.25) is 4.79 Å². The van der Waals surface area contributed by atoms with Gasteiger partial charge >= 0.3 is 6.18 Å². The normalized spacial score (nSPS) is 11.4. The van der Waals surface area contributed by atoms with Gasteiger partial charge in [0.25, 0.3) is 5.91 Å². The molecule has 0 bridgehead atoms. The van der Waals surface area contributed by atoms with E-state index in [-0.39, 0.29) is 25.5 Å². The van der Waals surface area contributed by atoms with Gasteiger partial charge in [-0.2, -0.15) is 13.2 Å². The first-order valence-corrected chi connectivity index (χ1v) is 10.5. The molecule has 1 amide bonds. The molecule has 0 aliphatic rings. The fraction of sp³-hybridized carbons (Fsp3) is 0.200. The average Bonchev–Trinajstić information content (AvgIpc) is 3.50. The van der Waals surface area contributed by atoms with E-state index in [0.717, 1.165) is 12.1 Å². The molecule has 2 aromatic heterocycles. The second kappa shape index (κ2) is 9.86. The van der Waals surface area contributed by atoms with Crippen molar-refractivity contribution in [2.24, 2.45) is 0 Å². The third-order valence-electron chi connectivity index (χ3n) is 5.27. The van der Waals surface area contributed by atoms with E-state index >= 15 is 0 Å². The zero-order chi connectivity index (χ0) is 24.1. The number of carbonyl (C=O) groups is 1. The largest absolute Gasteiger partial charge is 0.497 e. The van der Waals surface area contributed by atoms with Gasteiger partial charge in [0.15, 0.2) is 0 Å². The molecule has 0 N–H and O–H groups in total. The first-order chi connectivity index (χ1) is 16.3. The number of methoxy groups -OCH3 is 1. The Morgan fingerprint density at radius 2 is 1.91 bits per heavy atom. The smallest absolute Gasteiger partial charge is 0.416 e. The fourth-order valence-electron chi connectivity index (χ4n) is 3.58. The summed E-state index contributed by atoms with van der Waals surface area (Å²) in [6, 6.07) is 15.5. The molecule has 2 heterocycles. The minimum Gasteiger partial charge on any atom is -0.497 e. The van der Waals surface area contributed by atoms with Crippen molar-refractivity contribution in [2.45, 2.75) is 25.8 Å². The van der Waals surface area contributed by atoms with Crippen LogP contribution in [0.5, 0.6) is 5.75 Å². The van der Waals surface area contributed by atoms with Crippen LogP contribution in [0.3, 0.4) is 0 Å². The molecule has 6 nitrogen and oxygen atoms in total. The summed E-state index contributed by atoms with van der Waals surface area (Å²) in [6.07, 6.45) is 0.343. The number of alkyl halides is 3. The first-order valence-electron chi connectivity index (χ1n) is 10.5. The molecule has 0 saturated heterocycles. The number of ether oxygens (including phenoxy) is 1. The van der Waals surface area contributed by atoms with Crippen LogP contribution in [-0.4, -0.2) is 27.5 Å². The van der Waals surface area contributed by atoms with Crippen LogP contribution in [0.4, 0.5) is 13.2 Å². The Hall–Kier alpha value is -4.01. The molecule has 4 aromatic rings. The maximum absolute atomic E-state index is 13.4. The topological polar surface area (TPSA) is 60.5 Å². The molecule has 0 fully saturated rings. The van der Waals surface area contributed by atoms with Crippen molar-refractivity contribution in [2.75, 3.05) is 7.11 Å². The van der Waals surface area contributed by atoms with E-state index in [1.807, 2.05) is 0 Å². The van der Waals surface area contributed by atoms with Gasteiger partial charge in [-0.25, -0.2) is 4.98 Å². The maximum atomic E-state index is 13.4. The lowest BCUT2D eigenvalue weighted by Crippen LogP contribution is -2.31. The molecular weight excluding hydrogens is 447 g/mol. The van der Waals surface area contributed by atoms with E-state index in [2.05, 4.69) is 4.98 Å². The number of hydrogen-bond donors (Lipinski definition) is 0. The highest BCUT2D eigenvalue weighted by atomic mass is 19.4. The van der Waals surface area contributed by atoms with Gasteiger partial charge in [0.1, 0.15) is 17.3 Å². The number of imidazole rings is 1. The van der Waals surface area contributed by atoms with Crippen molar-refractivity contribution in [3.8, 4) is 5.75 Å². The molecule has 0 aliphatic heterocycles. The van der Waals surface area contributed by atoms with Gasteiger partial charge in [-0.1, -0.05) is 18.2 Å². The van der Waals surface area contributed by atoms with Gasteiger partial charge < -0.3 is 18.6 Å². The van der Waals surface area contributed by atoms with Crippen molar-refractivity contribution < 1.29 is 27.1 Å². The fourth-order valence-corrected chi connectivity index (χ4v) is 3.58. The van der Waals surface area contributed by atoms with Crippen molar-refractivity contribution in [3.05, 3.63) is 108 Å². The van der Waals surface area contributed by atoms with E-state index in [9.17, 15) is 18.0 Å². The van der Waals surface area contributed by atoms with Crippen LogP contribution < -0.4 is 4.74 Å². The molecule has 0 radical (unpaired) electrons. The number of hydrogen-bond acceptors (Lipinski definition) is 4. The summed E-state index contributed by atoms with van der Waals surface area (Å²) in [7, 11) is 1.52. The number of carbonyl (C=O) groups excluding carboxylic acids is 1. The lowest BCUT2D eigenvalue weighted by atomic mass is 10.1. The van der Waals surface area contributed by atoms with E-state index in [4.69, 9.17) is 9.15 Å². The second-order valence-electron chi connectivity index (χ2n) is 7.64. The number of halogens is 3. The highest BCUT2D eigenvalue weighted by Gasteiger charge is 2.30. The molecule has 0 saturated carbocycles. The SMILES string of the molecule is COc1cccc(C(=O)N(Cc2ccco2)Cc2nccn2Cc2cccc(C(F)(F)F)c2)c1. The van der Waals surface area contributed by atoms with E-state index < -0.39 is 11.7 Å². The van der Waals surface area contributed by atoms with Crippen molar-refractivity contribution >= 4 is 5.91 Å². The van der Waals surface area contributed by atoms with Gasteiger partial charge in [0.2, 0.25) is 0 Å². The van der Waals surface area contributed by atoms with Gasteiger partial charge in [-0.15, -0.1) is 0 Å². The quantitative estimate of drug-likeness (QED) is 0.347. The zero-order valence-electron chi connectivity index (χ0n) is 18.3. The molecule has 2 aromatic carbocycles. The highest BCUT2D eigenvalue weighted by Crippen LogP contribution is 2.29. The van der Waals surface area contributed by atoms with Gasteiger partial charge in [0, 0.05) is 24.5 Å². The van der Waals surface area contributed by atoms with Gasteiger partial charge in [-0.05, 0) is 48.0 Å². The first kappa shape index (κ1) is 23.2. The minimum atomic E-state index is -4.42. The second-order valence-corrected chi connectivity index (χ2v) is 7.64. The Morgan fingerprint density at radius 3 is 2.65 bits per heavy atom. The maximum Gasteiger partial charge on any atom is 0.416 e. The average molecular weight is 469 g/mol. The number of rotatable bonds is 8. The Kier molecular flexibility index (Phi) is 6.72. The molecule has 0 aliphatic carbocycles. The molecule has 176 valence electrons. The summed E-state index contributed by atoms with van der Waals surface area (Å²) in [6.45, 7) is 0.503. The van der Waals surface area contributed by atoms with Crippen molar-refractivity contribution in [1.82, 2.24) is 14.5 Å². The predicted octanol–water partition coefficient (Wildman–Crippen LogP) is 5.39. The lowest BCUT2D eigenvalue weighted by Gasteiger charge is -2.22. The third kappa shape index (κ3) is 5.48. The van der Waals surface area contributed by atoms with Crippen LogP contribution in [0.1, 0.15) is 33.1 Å². The Balaban J connectivity index is 1.59. The van der Waals surface area contributed by atoms with E-state index in [0.29, 0.717) is 28.5 Å². The highest BCUT2D eigenvalue weighted by molar-refractivity contribution is 5.94. The Morgan fingerprint density at radius 1 is 1.09 bits per heavy atom. The molecular formula is C25H22F3N3O3. The van der Waals surface area contributed by atoms with Crippen LogP contribution in [0.2, 0.25) is 0 Å². The molecule has 0 atom stereocenters. The molecule has 34 heavy (non-hydrogen) atoms. The van der Waals surface area contributed by atoms with Crippen LogP contribution in [0.25, 0.3) is 0 Å². The Bertz CT molecular complexity index is 1250. The number of benzene rings is 2. The number of aromatic nitrogens is 2. The summed E-state index contributed by atoms with van der Waals surface area (Å²) >= 11 is 0. The number of nitrogens with zero attached hydrogens (tertiary/aromatic N) is 3. The number of furan rings is 1. The van der Waals surface area contributed by atoms with Crippen molar-refractivity contribution in [3.63, 3.8) is 0 Å². The van der Waals surface area contributed by atoms with E-state index in [1.165, 1.54) is 19.4 Å². The summed E-state index contributed by atoms with van der Waals surface area (Å²) in [5.41, 5.74) is 0.201. The van der Waals surface area contributed by atoms with E-state index in [1.54, 1.807) is 64.3 Å². The zero-order valence-corrected chi connectivity index (χ0v) is 18.3. The summed E-state index contributed by atoms with van der Waals surface area (Å²) in [5, 5.41) is 0. The third-order valence-corrected chi connectivity index (χ3v) is 5.27. The lowest BCUT2D eigenvalue weighted by molar-refractivity contribution is -0.137. The molecule has 4 rings (SSSR count). The predicted molar refractivity (Wildman–Crippen MR) is 118 cm³/mol. The van der Waals surface area contributed by atoms with Gasteiger partial charge in [0.05, 0.1) is 32.0 Å². The molecule has 9 heteroatoms. The van der Waals surface area contributed by atoms with Crippen LogP contribution in [0.15, 0.2) is 83.7 Å². The molecule has 0 unspecified atom stereocenters. The minimum absolute atomic E-state index is 0.128. The van der Waals surface area contributed by atoms with Crippen LogP contribution >= 0.6 is 0 Å². The number of amides is 1. The molecule has 0 spiro atoms. The summed E-state index contributed by atoms with van der Waals surface area (Å²) < 4.78 is 51.7. The van der Waals surface area contributed by atoms with Crippen molar-refractivity contribution in [1.29, 1.82) is 0 Å². The Labute approximate surface area is 194 Å². The summed E-state index contributed by atoms with van der Waals surface area (Å²) in [4.78, 5) is 19.3. The standard InChI is InChI=1S/C25H22F3N3O3/c1-33-21-8-3-6-19(14-21)24(32)31(16-22-9-4-12-34-22)17-23-29-10-11-30(23)15-18-5-2-7-20(13-18)25(26,27)28/h2-14H,15-17H2,1H3. The van der Waals surface area contributed by atoms with Crippen LogP contribution in [0, 0.1) is 0 Å².